The Bertz CT molecular complexity index is 574. The summed E-state index contributed by atoms with van der Waals surface area (Å²) in [6.07, 6.45) is 0. The Morgan fingerprint density at radius 3 is 2.17 bits per heavy atom. The normalized spacial score (nSPS) is 11.2. The zero-order valence-electron chi connectivity index (χ0n) is 16.0. The first-order chi connectivity index (χ1) is 11.1. The van der Waals surface area contributed by atoms with Crippen LogP contribution >= 0.6 is 0 Å². The zero-order chi connectivity index (χ0) is 18.4. The van der Waals surface area contributed by atoms with E-state index in [1.807, 2.05) is 64.6 Å². The Morgan fingerprint density at radius 1 is 1.04 bits per heavy atom. The maximum absolute atomic E-state index is 12.4. The first kappa shape index (κ1) is 20.2. The number of carbonyl (C=O) groups excluding carboxylic acids is 2. The molecule has 1 aromatic rings. The van der Waals surface area contributed by atoms with Crippen LogP contribution in [0.4, 0.5) is 5.69 Å². The molecule has 1 N–H and O–H groups in total. The van der Waals surface area contributed by atoms with Crippen LogP contribution in [-0.2, 0) is 9.59 Å². The highest BCUT2D eigenvalue weighted by Crippen LogP contribution is 2.17. The molecule has 134 valence electrons. The number of hydrogen-bond donors (Lipinski definition) is 1. The number of amides is 2. The van der Waals surface area contributed by atoms with Gasteiger partial charge in [-0.15, -0.1) is 0 Å². The van der Waals surface area contributed by atoms with Crippen LogP contribution in [0.15, 0.2) is 18.2 Å². The van der Waals surface area contributed by atoms with E-state index in [1.165, 1.54) is 0 Å². The zero-order valence-corrected chi connectivity index (χ0v) is 16.0. The fourth-order valence-electron chi connectivity index (χ4n) is 2.86. The fraction of sp³-hybridized carbons (Fsp3) is 0.579. The van der Waals surface area contributed by atoms with Gasteiger partial charge in [-0.05, 0) is 65.8 Å². The van der Waals surface area contributed by atoms with E-state index in [0.717, 1.165) is 16.8 Å². The molecular weight excluding hydrogens is 302 g/mol. The van der Waals surface area contributed by atoms with Gasteiger partial charge in [-0.3, -0.25) is 14.5 Å². The second-order valence-corrected chi connectivity index (χ2v) is 6.96. The molecule has 0 saturated heterocycles. The van der Waals surface area contributed by atoms with Crippen LogP contribution in [0.1, 0.15) is 38.8 Å². The van der Waals surface area contributed by atoms with Gasteiger partial charge < -0.3 is 10.2 Å². The molecule has 0 atom stereocenters. The third-order valence-corrected chi connectivity index (χ3v) is 4.10. The monoisotopic (exact) mass is 333 g/mol. The molecule has 1 rings (SSSR count). The summed E-state index contributed by atoms with van der Waals surface area (Å²) in [5, 5.41) is 2.92. The van der Waals surface area contributed by atoms with Gasteiger partial charge in [0.15, 0.2) is 0 Å². The van der Waals surface area contributed by atoms with Crippen molar-refractivity contribution in [2.24, 2.45) is 0 Å². The van der Waals surface area contributed by atoms with Crippen molar-refractivity contribution in [1.82, 2.24) is 9.80 Å². The van der Waals surface area contributed by atoms with E-state index < -0.39 is 0 Å². The van der Waals surface area contributed by atoms with E-state index in [0.29, 0.717) is 0 Å². The Kier molecular flexibility index (Phi) is 7.42. The molecular formula is C19H31N3O2. The summed E-state index contributed by atoms with van der Waals surface area (Å²) >= 11 is 0. The lowest BCUT2D eigenvalue weighted by atomic mass is 10.1. The number of carbonyl (C=O) groups is 2. The van der Waals surface area contributed by atoms with E-state index in [1.54, 1.807) is 11.9 Å². The number of benzene rings is 1. The van der Waals surface area contributed by atoms with E-state index in [4.69, 9.17) is 0 Å². The fourth-order valence-corrected chi connectivity index (χ4v) is 2.86. The Balaban J connectivity index is 2.61. The summed E-state index contributed by atoms with van der Waals surface area (Å²) in [6, 6.07) is 6.13. The van der Waals surface area contributed by atoms with Crippen molar-refractivity contribution in [3.8, 4) is 0 Å². The smallest absolute Gasteiger partial charge is 0.238 e. The summed E-state index contributed by atoms with van der Waals surface area (Å²) in [5.74, 6) is -0.0679. The lowest BCUT2D eigenvalue weighted by molar-refractivity contribution is -0.135. The van der Waals surface area contributed by atoms with Crippen LogP contribution in [0.25, 0.3) is 0 Å². The predicted octanol–water partition coefficient (Wildman–Crippen LogP) is 2.82. The molecule has 0 spiro atoms. The third kappa shape index (κ3) is 5.64. The maximum atomic E-state index is 12.4. The molecule has 1 aromatic carbocycles. The second kappa shape index (κ2) is 8.83. The highest BCUT2D eigenvalue weighted by molar-refractivity contribution is 5.93. The van der Waals surface area contributed by atoms with Crippen molar-refractivity contribution in [2.45, 2.75) is 53.6 Å². The summed E-state index contributed by atoms with van der Waals surface area (Å²) in [4.78, 5) is 28.3. The molecule has 24 heavy (non-hydrogen) atoms. The minimum atomic E-state index is -0.111. The maximum Gasteiger partial charge on any atom is 0.238 e. The SMILES string of the molecule is Cc1cccc(NC(=O)CN(C)CC(=O)N(C(C)C)C(C)C)c1C. The van der Waals surface area contributed by atoms with Crippen LogP contribution in [0.2, 0.25) is 0 Å². The average Bonchev–Trinajstić information content (AvgIpc) is 2.42. The lowest BCUT2D eigenvalue weighted by Gasteiger charge is -2.32. The van der Waals surface area contributed by atoms with Crippen molar-refractivity contribution in [3.05, 3.63) is 29.3 Å². The van der Waals surface area contributed by atoms with Gasteiger partial charge in [0.2, 0.25) is 11.8 Å². The van der Waals surface area contributed by atoms with Gasteiger partial charge >= 0.3 is 0 Å². The lowest BCUT2D eigenvalue weighted by Crippen LogP contribution is -2.47. The molecule has 5 heteroatoms. The molecule has 0 aliphatic carbocycles. The standard InChI is InChI=1S/C19H31N3O2/c1-13(2)22(14(3)4)19(24)12-21(7)11-18(23)20-17-10-8-9-15(5)16(17)6/h8-10,13-14H,11-12H2,1-7H3,(H,20,23). The number of nitrogens with one attached hydrogen (secondary N) is 1. The molecule has 2 amide bonds. The van der Waals surface area contributed by atoms with Gasteiger partial charge in [-0.25, -0.2) is 0 Å². The van der Waals surface area contributed by atoms with Crippen LogP contribution in [-0.4, -0.2) is 53.8 Å². The number of anilines is 1. The highest BCUT2D eigenvalue weighted by atomic mass is 16.2. The Hall–Kier alpha value is -1.88. The number of aryl methyl sites for hydroxylation is 1. The van der Waals surface area contributed by atoms with Gasteiger partial charge in [0, 0.05) is 17.8 Å². The van der Waals surface area contributed by atoms with Crippen molar-refractivity contribution >= 4 is 17.5 Å². The number of rotatable bonds is 7. The highest BCUT2D eigenvalue weighted by Gasteiger charge is 2.21. The van der Waals surface area contributed by atoms with Crippen molar-refractivity contribution in [1.29, 1.82) is 0 Å². The van der Waals surface area contributed by atoms with Crippen molar-refractivity contribution in [3.63, 3.8) is 0 Å². The minimum Gasteiger partial charge on any atom is -0.337 e. The molecule has 0 aliphatic rings. The van der Waals surface area contributed by atoms with Crippen molar-refractivity contribution in [2.75, 3.05) is 25.5 Å². The largest absolute Gasteiger partial charge is 0.337 e. The van der Waals surface area contributed by atoms with Crippen LogP contribution < -0.4 is 5.32 Å². The average molecular weight is 333 g/mol. The molecule has 0 bridgehead atoms. The first-order valence-corrected chi connectivity index (χ1v) is 8.49. The molecule has 0 fully saturated rings. The van der Waals surface area contributed by atoms with Gasteiger partial charge in [0.1, 0.15) is 0 Å². The van der Waals surface area contributed by atoms with E-state index in [9.17, 15) is 9.59 Å². The Labute approximate surface area is 146 Å². The number of hydrogen-bond acceptors (Lipinski definition) is 3. The molecule has 0 heterocycles. The molecule has 0 aliphatic heterocycles. The topological polar surface area (TPSA) is 52.7 Å². The van der Waals surface area contributed by atoms with Crippen LogP contribution in [0, 0.1) is 13.8 Å². The quantitative estimate of drug-likeness (QED) is 0.835. The van der Waals surface area contributed by atoms with Gasteiger partial charge in [0.25, 0.3) is 0 Å². The van der Waals surface area contributed by atoms with Crippen LogP contribution in [0.5, 0.6) is 0 Å². The molecule has 0 aromatic heterocycles. The van der Waals surface area contributed by atoms with Gasteiger partial charge in [-0.2, -0.15) is 0 Å². The summed E-state index contributed by atoms with van der Waals surface area (Å²) in [6.45, 7) is 12.4. The minimum absolute atomic E-state index is 0.0436. The number of likely N-dealkylation sites (N-methyl/N-ethyl adjacent to an activating group) is 1. The van der Waals surface area contributed by atoms with E-state index in [2.05, 4.69) is 5.32 Å². The second-order valence-electron chi connectivity index (χ2n) is 6.96. The van der Waals surface area contributed by atoms with E-state index >= 15 is 0 Å². The first-order valence-electron chi connectivity index (χ1n) is 8.49. The third-order valence-electron chi connectivity index (χ3n) is 4.10. The predicted molar refractivity (Wildman–Crippen MR) is 99.2 cm³/mol. The summed E-state index contributed by atoms with van der Waals surface area (Å²) in [7, 11) is 1.79. The molecule has 5 nitrogen and oxygen atoms in total. The molecule has 0 unspecified atom stereocenters. The summed E-state index contributed by atoms with van der Waals surface area (Å²) in [5.41, 5.74) is 3.03. The van der Waals surface area contributed by atoms with Crippen LogP contribution in [0.3, 0.4) is 0 Å². The molecule has 0 saturated carbocycles. The van der Waals surface area contributed by atoms with Gasteiger partial charge in [0.05, 0.1) is 13.1 Å². The summed E-state index contributed by atoms with van der Waals surface area (Å²) < 4.78 is 0. The van der Waals surface area contributed by atoms with E-state index in [-0.39, 0.29) is 37.0 Å². The van der Waals surface area contributed by atoms with Gasteiger partial charge in [-0.1, -0.05) is 12.1 Å². The number of nitrogens with zero attached hydrogens (tertiary/aromatic N) is 2. The van der Waals surface area contributed by atoms with Crippen molar-refractivity contribution < 1.29 is 9.59 Å². The molecule has 0 radical (unpaired) electrons. The Morgan fingerprint density at radius 2 is 1.62 bits per heavy atom.